The number of benzene rings is 2. The molecule has 0 aliphatic carbocycles. The van der Waals surface area contributed by atoms with Gasteiger partial charge in [-0.2, -0.15) is 0 Å². The molecule has 0 aromatic heterocycles. The van der Waals surface area contributed by atoms with Crippen molar-refractivity contribution in [2.75, 3.05) is 30.4 Å². The molecule has 2 aromatic rings. The maximum absolute atomic E-state index is 5.96. The first kappa shape index (κ1) is 17.9. The minimum absolute atomic E-state index is 0.481. The highest BCUT2D eigenvalue weighted by Gasteiger charge is 2.00. The summed E-state index contributed by atoms with van der Waals surface area (Å²) in [5, 5.41) is 3.15. The summed E-state index contributed by atoms with van der Waals surface area (Å²) in [4.78, 5) is 6.67. The molecule has 2 aromatic carbocycles. The van der Waals surface area contributed by atoms with Gasteiger partial charge in [-0.05, 0) is 62.1 Å². The number of aliphatic imine (C=N–C) groups is 1. The van der Waals surface area contributed by atoms with E-state index in [1.54, 1.807) is 0 Å². The molecule has 0 fully saturated rings. The van der Waals surface area contributed by atoms with E-state index in [1.807, 2.05) is 12.1 Å². The number of unbranched alkanes of at least 4 members (excludes halogenated alkanes) is 1. The van der Waals surface area contributed by atoms with Crippen molar-refractivity contribution in [3.05, 3.63) is 59.7 Å². The van der Waals surface area contributed by atoms with Crippen molar-refractivity contribution in [1.82, 2.24) is 0 Å². The molecule has 0 saturated carbocycles. The summed E-state index contributed by atoms with van der Waals surface area (Å²) in [7, 11) is 2.12. The summed E-state index contributed by atoms with van der Waals surface area (Å²) in [5.74, 6) is 0.481. The zero-order valence-electron chi connectivity index (χ0n) is 14.9. The molecule has 0 bridgehead atoms. The predicted molar refractivity (Wildman–Crippen MR) is 105 cm³/mol. The zero-order chi connectivity index (χ0) is 17.4. The summed E-state index contributed by atoms with van der Waals surface area (Å²) in [5.41, 5.74) is 10.7. The third kappa shape index (κ3) is 5.61. The van der Waals surface area contributed by atoms with E-state index in [0.29, 0.717) is 5.96 Å². The fraction of sp³-hybridized carbons (Fsp3) is 0.350. The monoisotopic (exact) mass is 324 g/mol. The van der Waals surface area contributed by atoms with E-state index < -0.39 is 0 Å². The van der Waals surface area contributed by atoms with E-state index in [2.05, 4.69) is 72.5 Å². The van der Waals surface area contributed by atoms with Crippen molar-refractivity contribution in [2.24, 2.45) is 10.7 Å². The van der Waals surface area contributed by atoms with E-state index >= 15 is 0 Å². The fourth-order valence-corrected chi connectivity index (χ4v) is 2.48. The van der Waals surface area contributed by atoms with Gasteiger partial charge in [0, 0.05) is 31.5 Å². The first-order chi connectivity index (χ1) is 11.6. The van der Waals surface area contributed by atoms with Crippen LogP contribution in [0.4, 0.5) is 11.4 Å². The lowest BCUT2D eigenvalue weighted by atomic mass is 10.1. The Morgan fingerprint density at radius 1 is 1.04 bits per heavy atom. The summed E-state index contributed by atoms with van der Waals surface area (Å²) in [6.07, 6.45) is 2.11. The van der Waals surface area contributed by atoms with Gasteiger partial charge in [-0.3, -0.25) is 4.99 Å². The molecule has 0 amide bonds. The van der Waals surface area contributed by atoms with Gasteiger partial charge in [0.25, 0.3) is 0 Å². The zero-order valence-corrected chi connectivity index (χ0v) is 14.9. The molecule has 0 spiro atoms. The average molecular weight is 324 g/mol. The van der Waals surface area contributed by atoms with Crippen LogP contribution in [-0.4, -0.2) is 26.1 Å². The van der Waals surface area contributed by atoms with E-state index in [0.717, 1.165) is 31.6 Å². The van der Waals surface area contributed by atoms with E-state index in [-0.39, 0.29) is 0 Å². The highest BCUT2D eigenvalue weighted by molar-refractivity contribution is 5.92. The minimum atomic E-state index is 0.481. The van der Waals surface area contributed by atoms with Crippen LogP contribution in [0, 0.1) is 13.8 Å². The first-order valence-corrected chi connectivity index (χ1v) is 8.46. The Morgan fingerprint density at radius 2 is 1.79 bits per heavy atom. The van der Waals surface area contributed by atoms with Gasteiger partial charge in [-0.15, -0.1) is 0 Å². The van der Waals surface area contributed by atoms with Crippen LogP contribution < -0.4 is 16.0 Å². The lowest BCUT2D eigenvalue weighted by Crippen LogP contribution is -2.23. The molecule has 0 saturated heterocycles. The molecule has 24 heavy (non-hydrogen) atoms. The molecule has 2 rings (SSSR count). The molecule has 128 valence electrons. The van der Waals surface area contributed by atoms with Crippen molar-refractivity contribution < 1.29 is 0 Å². The van der Waals surface area contributed by atoms with Crippen LogP contribution >= 0.6 is 0 Å². The van der Waals surface area contributed by atoms with E-state index in [9.17, 15) is 0 Å². The van der Waals surface area contributed by atoms with Crippen molar-refractivity contribution in [2.45, 2.75) is 26.7 Å². The Bertz CT molecular complexity index is 665. The topological polar surface area (TPSA) is 53.6 Å². The van der Waals surface area contributed by atoms with Crippen LogP contribution in [0.2, 0.25) is 0 Å². The molecule has 4 nitrogen and oxygen atoms in total. The van der Waals surface area contributed by atoms with E-state index in [4.69, 9.17) is 5.73 Å². The molecule has 0 radical (unpaired) electrons. The number of hydrogen-bond donors (Lipinski definition) is 2. The maximum atomic E-state index is 5.96. The maximum Gasteiger partial charge on any atom is 0.193 e. The lowest BCUT2D eigenvalue weighted by Gasteiger charge is -2.18. The van der Waals surface area contributed by atoms with Gasteiger partial charge in [0.2, 0.25) is 0 Å². The molecular formula is C20H28N4. The van der Waals surface area contributed by atoms with Crippen molar-refractivity contribution in [3.63, 3.8) is 0 Å². The standard InChI is InChI=1S/C20H28N4/c1-16-11-12-18(15-17(16)2)23-20(21)22-13-7-8-14-24(3)19-9-5-4-6-10-19/h4-6,9-12,15H,7-8,13-14H2,1-3H3,(H3,21,22,23). The van der Waals surface area contributed by atoms with Gasteiger partial charge in [0.1, 0.15) is 0 Å². The van der Waals surface area contributed by atoms with Crippen molar-refractivity contribution >= 4 is 17.3 Å². The molecule has 3 N–H and O–H groups in total. The quantitative estimate of drug-likeness (QED) is 0.461. The Labute approximate surface area is 145 Å². The van der Waals surface area contributed by atoms with Gasteiger partial charge in [0.05, 0.1) is 0 Å². The largest absolute Gasteiger partial charge is 0.375 e. The highest BCUT2D eigenvalue weighted by atomic mass is 15.1. The number of aryl methyl sites for hydroxylation is 2. The number of guanidine groups is 1. The third-order valence-electron chi connectivity index (χ3n) is 4.16. The van der Waals surface area contributed by atoms with Crippen molar-refractivity contribution in [1.29, 1.82) is 0 Å². The number of nitrogens with two attached hydrogens (primary N) is 1. The summed E-state index contributed by atoms with van der Waals surface area (Å²) in [6, 6.07) is 16.6. The van der Waals surface area contributed by atoms with Crippen LogP contribution in [0.5, 0.6) is 0 Å². The second-order valence-corrected chi connectivity index (χ2v) is 6.16. The molecule has 0 aliphatic rings. The summed E-state index contributed by atoms with van der Waals surface area (Å²) >= 11 is 0. The SMILES string of the molecule is Cc1ccc(NC(N)=NCCCCN(C)c2ccccc2)cc1C. The minimum Gasteiger partial charge on any atom is -0.375 e. The molecule has 0 atom stereocenters. The van der Waals surface area contributed by atoms with Gasteiger partial charge >= 0.3 is 0 Å². The van der Waals surface area contributed by atoms with Gasteiger partial charge < -0.3 is 16.0 Å². The van der Waals surface area contributed by atoms with Crippen LogP contribution in [0.25, 0.3) is 0 Å². The van der Waals surface area contributed by atoms with Crippen molar-refractivity contribution in [3.8, 4) is 0 Å². The number of nitrogens with zero attached hydrogens (tertiary/aromatic N) is 2. The van der Waals surface area contributed by atoms with Crippen LogP contribution in [0.3, 0.4) is 0 Å². The number of nitrogens with one attached hydrogen (secondary N) is 1. The van der Waals surface area contributed by atoms with Gasteiger partial charge in [0.15, 0.2) is 5.96 Å². The molecule has 4 heteroatoms. The Morgan fingerprint density at radius 3 is 2.50 bits per heavy atom. The third-order valence-corrected chi connectivity index (χ3v) is 4.16. The molecule has 0 aliphatic heterocycles. The fourth-order valence-electron chi connectivity index (χ4n) is 2.48. The number of anilines is 2. The average Bonchev–Trinajstić information content (AvgIpc) is 2.58. The number of hydrogen-bond acceptors (Lipinski definition) is 2. The second kappa shape index (κ2) is 8.96. The smallest absolute Gasteiger partial charge is 0.193 e. The van der Waals surface area contributed by atoms with Crippen LogP contribution in [0.1, 0.15) is 24.0 Å². The lowest BCUT2D eigenvalue weighted by molar-refractivity contribution is 0.728. The van der Waals surface area contributed by atoms with Gasteiger partial charge in [-0.1, -0.05) is 24.3 Å². The normalized spacial score (nSPS) is 11.4. The van der Waals surface area contributed by atoms with Crippen LogP contribution in [0.15, 0.2) is 53.5 Å². The summed E-state index contributed by atoms with van der Waals surface area (Å²) in [6.45, 7) is 5.95. The predicted octanol–water partition coefficient (Wildman–Crippen LogP) is 3.95. The Balaban J connectivity index is 1.70. The summed E-state index contributed by atoms with van der Waals surface area (Å²) < 4.78 is 0. The second-order valence-electron chi connectivity index (χ2n) is 6.16. The van der Waals surface area contributed by atoms with E-state index in [1.165, 1.54) is 16.8 Å². The first-order valence-electron chi connectivity index (χ1n) is 8.46. The Kier molecular flexibility index (Phi) is 6.67. The Hall–Kier alpha value is -2.49. The van der Waals surface area contributed by atoms with Crippen LogP contribution in [-0.2, 0) is 0 Å². The molecule has 0 unspecified atom stereocenters. The van der Waals surface area contributed by atoms with Gasteiger partial charge in [-0.25, -0.2) is 0 Å². The molecular weight excluding hydrogens is 296 g/mol. The molecule has 0 heterocycles. The highest BCUT2D eigenvalue weighted by Crippen LogP contribution is 2.14. The number of para-hydroxylation sites is 1. The number of rotatable bonds is 7.